The van der Waals surface area contributed by atoms with E-state index in [1.807, 2.05) is 13.8 Å². The van der Waals surface area contributed by atoms with Crippen LogP contribution in [0, 0.1) is 17.8 Å². The molecular formula is C43H67N9O12. The molecule has 1 aliphatic heterocycles. The van der Waals surface area contributed by atoms with Crippen LogP contribution in [0.15, 0.2) is 30.3 Å². The Balaban J connectivity index is 2.35. The highest BCUT2D eigenvalue weighted by atomic mass is 16.4. The maximum Gasteiger partial charge on any atom is 0.326 e. The lowest BCUT2D eigenvalue weighted by molar-refractivity contribution is -0.148. The summed E-state index contributed by atoms with van der Waals surface area (Å²) in [5.41, 5.74) is 12.0. The van der Waals surface area contributed by atoms with Crippen LogP contribution in [0.1, 0.15) is 98.5 Å². The Bertz CT molecular complexity index is 1810. The van der Waals surface area contributed by atoms with Crippen LogP contribution in [0.2, 0.25) is 0 Å². The molecule has 1 heterocycles. The van der Waals surface area contributed by atoms with Crippen LogP contribution in [0.3, 0.4) is 0 Å². The number of hydrogen-bond donors (Lipinski definition) is 10. The second kappa shape index (κ2) is 26.5. The first kappa shape index (κ1) is 54.0. The zero-order chi connectivity index (χ0) is 48.3. The molecule has 0 spiro atoms. The van der Waals surface area contributed by atoms with Crippen molar-refractivity contribution in [3.8, 4) is 0 Å². The lowest BCUT2D eigenvalue weighted by atomic mass is 9.98. The minimum Gasteiger partial charge on any atom is -0.481 e. The number of carboxylic acid groups (broad SMARTS) is 2. The number of aliphatic carboxylic acids is 2. The van der Waals surface area contributed by atoms with Crippen LogP contribution in [-0.4, -0.2) is 130 Å². The van der Waals surface area contributed by atoms with Crippen molar-refractivity contribution >= 4 is 59.2 Å². The Kier molecular flexibility index (Phi) is 22.4. The largest absolute Gasteiger partial charge is 0.481 e. The molecule has 1 fully saturated rings. The standard InChI is InChI=1S/C43H67N9O12/c1-23(2)19-27(44)37(57)47-29(15-17-35(55)56)39(59)51-36(25(5)6)42(62)50-30(20-24(3)4)40(60)49-31(21-26-11-8-7-9-12-26)41(61)48-28(14-16-33(45)53)38(58)46-22-34(54)52-18-10-13-32(52)43(63)64/h7-9,11-12,23-25,27-32,36H,10,13-22,44H2,1-6H3,(H2,45,53)(H,46,58)(H,47,57)(H,48,61)(H,49,60)(H,50,62)(H,51,59)(H,55,56)(H,63,64)/t27-,28-,29-,30-,31-,32-,36-/m0/s1. The summed E-state index contributed by atoms with van der Waals surface area (Å²) in [6.07, 6.45) is -0.413. The summed E-state index contributed by atoms with van der Waals surface area (Å²) in [6.45, 7) is 10.2. The number of nitrogens with zero attached hydrogens (tertiary/aromatic N) is 1. The number of amides is 8. The number of carboxylic acids is 2. The van der Waals surface area contributed by atoms with Crippen LogP contribution < -0.4 is 43.4 Å². The number of carbonyl (C=O) groups is 10. The normalized spacial score (nSPS) is 16.4. The van der Waals surface area contributed by atoms with E-state index in [0.717, 1.165) is 4.90 Å². The van der Waals surface area contributed by atoms with Gasteiger partial charge in [-0.25, -0.2) is 4.79 Å². The average molecular weight is 902 g/mol. The van der Waals surface area contributed by atoms with Crippen LogP contribution >= 0.6 is 0 Å². The van der Waals surface area contributed by atoms with E-state index in [-0.39, 0.29) is 56.9 Å². The number of nitrogens with one attached hydrogen (secondary N) is 6. The van der Waals surface area contributed by atoms with E-state index in [1.165, 1.54) is 0 Å². The van der Waals surface area contributed by atoms with Crippen molar-refractivity contribution < 1.29 is 58.2 Å². The molecule has 0 aliphatic carbocycles. The van der Waals surface area contributed by atoms with Gasteiger partial charge in [0.15, 0.2) is 0 Å². The van der Waals surface area contributed by atoms with E-state index >= 15 is 0 Å². The molecule has 7 atom stereocenters. The first-order valence-corrected chi connectivity index (χ1v) is 21.6. The third-order valence-corrected chi connectivity index (χ3v) is 10.4. The van der Waals surface area contributed by atoms with Gasteiger partial charge >= 0.3 is 11.9 Å². The van der Waals surface area contributed by atoms with Crippen LogP contribution in [0.5, 0.6) is 0 Å². The second-order valence-electron chi connectivity index (χ2n) is 17.3. The van der Waals surface area contributed by atoms with Gasteiger partial charge in [-0.3, -0.25) is 43.2 Å². The average Bonchev–Trinajstić information content (AvgIpc) is 3.72. The molecule has 356 valence electrons. The van der Waals surface area contributed by atoms with Gasteiger partial charge in [0.1, 0.15) is 36.3 Å². The molecule has 21 nitrogen and oxygen atoms in total. The number of primary amides is 1. The zero-order valence-electron chi connectivity index (χ0n) is 37.5. The maximum atomic E-state index is 14.1. The Morgan fingerprint density at radius 2 is 1.20 bits per heavy atom. The van der Waals surface area contributed by atoms with E-state index in [2.05, 4.69) is 31.9 Å². The van der Waals surface area contributed by atoms with Crippen molar-refractivity contribution in [3.05, 3.63) is 35.9 Å². The summed E-state index contributed by atoms with van der Waals surface area (Å²) in [6, 6.07) is -0.147. The molecule has 0 unspecified atom stereocenters. The summed E-state index contributed by atoms with van der Waals surface area (Å²) >= 11 is 0. The molecule has 1 aromatic rings. The van der Waals surface area contributed by atoms with Gasteiger partial charge in [-0.15, -0.1) is 0 Å². The van der Waals surface area contributed by atoms with Gasteiger partial charge in [0.05, 0.1) is 12.6 Å². The Hall–Kier alpha value is -6.12. The summed E-state index contributed by atoms with van der Waals surface area (Å²) in [5.74, 6) is -9.36. The lowest BCUT2D eigenvalue weighted by Gasteiger charge is -2.29. The minimum atomic E-state index is -1.42. The van der Waals surface area contributed by atoms with Crippen LogP contribution in [0.25, 0.3) is 0 Å². The molecular weight excluding hydrogens is 835 g/mol. The highest BCUT2D eigenvalue weighted by Crippen LogP contribution is 2.17. The number of carbonyl (C=O) groups excluding carboxylic acids is 8. The highest BCUT2D eigenvalue weighted by Gasteiger charge is 2.36. The molecule has 64 heavy (non-hydrogen) atoms. The third-order valence-electron chi connectivity index (χ3n) is 10.4. The first-order chi connectivity index (χ1) is 30.0. The molecule has 0 aromatic heterocycles. The van der Waals surface area contributed by atoms with E-state index in [9.17, 15) is 58.2 Å². The predicted molar refractivity (Wildman–Crippen MR) is 232 cm³/mol. The monoisotopic (exact) mass is 901 g/mol. The van der Waals surface area contributed by atoms with Crippen molar-refractivity contribution in [2.75, 3.05) is 13.1 Å². The quantitative estimate of drug-likeness (QED) is 0.0510. The van der Waals surface area contributed by atoms with Gasteiger partial charge < -0.3 is 58.5 Å². The fraction of sp³-hybridized carbons (Fsp3) is 0.628. The van der Waals surface area contributed by atoms with Gasteiger partial charge in [-0.2, -0.15) is 0 Å². The number of hydrogen-bond acceptors (Lipinski definition) is 11. The van der Waals surface area contributed by atoms with Crippen LogP contribution in [-0.2, 0) is 54.4 Å². The number of benzene rings is 1. The fourth-order valence-electron chi connectivity index (χ4n) is 7.05. The van der Waals surface area contributed by atoms with Crippen molar-refractivity contribution in [1.29, 1.82) is 0 Å². The molecule has 21 heteroatoms. The summed E-state index contributed by atoms with van der Waals surface area (Å²) in [5, 5.41) is 34.2. The predicted octanol–water partition coefficient (Wildman–Crippen LogP) is -0.949. The van der Waals surface area contributed by atoms with E-state index in [4.69, 9.17) is 11.5 Å². The summed E-state index contributed by atoms with van der Waals surface area (Å²) in [4.78, 5) is 131. The summed E-state index contributed by atoms with van der Waals surface area (Å²) in [7, 11) is 0. The zero-order valence-corrected chi connectivity index (χ0v) is 37.5. The third kappa shape index (κ3) is 18.7. The Morgan fingerprint density at radius 1 is 0.672 bits per heavy atom. The van der Waals surface area contributed by atoms with Gasteiger partial charge in [0.25, 0.3) is 0 Å². The maximum absolute atomic E-state index is 14.1. The van der Waals surface area contributed by atoms with Crippen molar-refractivity contribution in [2.45, 2.75) is 142 Å². The topological polar surface area (TPSA) is 339 Å². The first-order valence-electron chi connectivity index (χ1n) is 21.6. The fourth-order valence-corrected chi connectivity index (χ4v) is 7.05. The number of rotatable bonds is 27. The summed E-state index contributed by atoms with van der Waals surface area (Å²) < 4.78 is 0. The number of nitrogens with two attached hydrogens (primary N) is 2. The molecule has 8 amide bonds. The second-order valence-corrected chi connectivity index (χ2v) is 17.3. The van der Waals surface area contributed by atoms with E-state index in [0.29, 0.717) is 18.4 Å². The van der Waals surface area contributed by atoms with E-state index < -0.39 is 120 Å². The van der Waals surface area contributed by atoms with Gasteiger partial charge in [0.2, 0.25) is 47.3 Å². The molecule has 0 bridgehead atoms. The Labute approximate surface area is 373 Å². The van der Waals surface area contributed by atoms with Gasteiger partial charge in [-0.1, -0.05) is 71.9 Å². The molecule has 12 N–H and O–H groups in total. The van der Waals surface area contributed by atoms with Crippen molar-refractivity contribution in [3.63, 3.8) is 0 Å². The molecule has 0 radical (unpaired) electrons. The number of likely N-dealkylation sites (tertiary alicyclic amines) is 1. The molecule has 1 aromatic carbocycles. The smallest absolute Gasteiger partial charge is 0.326 e. The highest BCUT2D eigenvalue weighted by molar-refractivity contribution is 5.97. The van der Waals surface area contributed by atoms with Crippen molar-refractivity contribution in [1.82, 2.24) is 36.8 Å². The molecule has 1 saturated heterocycles. The molecule has 1 aliphatic rings. The minimum absolute atomic E-state index is 0.0531. The van der Waals surface area contributed by atoms with Gasteiger partial charge in [0, 0.05) is 25.8 Å². The van der Waals surface area contributed by atoms with Crippen LogP contribution in [0.4, 0.5) is 0 Å². The lowest BCUT2D eigenvalue weighted by Crippen LogP contribution is -2.61. The van der Waals surface area contributed by atoms with Gasteiger partial charge in [-0.05, 0) is 61.8 Å². The SMILES string of the molecule is CC(C)C[C@H](NC(=O)[C@@H](NC(=O)[C@H](CCC(=O)O)NC(=O)[C@@H](N)CC(C)C)C(C)C)C(=O)N[C@@H](Cc1ccccc1)C(=O)N[C@@H](CCC(N)=O)C(=O)NCC(=O)N1CCC[C@H]1C(=O)O. The van der Waals surface area contributed by atoms with E-state index in [1.54, 1.807) is 58.0 Å². The Morgan fingerprint density at radius 3 is 1.77 bits per heavy atom. The molecule has 2 rings (SSSR count). The van der Waals surface area contributed by atoms with Crippen molar-refractivity contribution in [2.24, 2.45) is 29.2 Å². The molecule has 0 saturated carbocycles.